The molecule has 0 radical (unpaired) electrons. The maximum Gasteiger partial charge on any atom is 0.321 e. The molecule has 3 heteroatoms. The fourth-order valence-electron chi connectivity index (χ4n) is 2.61. The lowest BCUT2D eigenvalue weighted by Gasteiger charge is -2.25. The van der Waals surface area contributed by atoms with Gasteiger partial charge in [0.05, 0.1) is 0 Å². The molecule has 2 aromatic rings. The van der Waals surface area contributed by atoms with Crippen molar-refractivity contribution >= 4 is 5.97 Å². The van der Waals surface area contributed by atoms with Gasteiger partial charge in [0, 0.05) is 6.54 Å². The van der Waals surface area contributed by atoms with Crippen molar-refractivity contribution < 1.29 is 9.90 Å². The average Bonchev–Trinajstić information content (AvgIpc) is 2.47. The number of fused-ring (bicyclic) bond motifs is 1. The highest BCUT2D eigenvalue weighted by atomic mass is 16.4. The smallest absolute Gasteiger partial charge is 0.321 e. The third-order valence-electron chi connectivity index (χ3n) is 3.60. The van der Waals surface area contributed by atoms with Crippen molar-refractivity contribution in [3.05, 3.63) is 59.7 Å². The molecule has 0 saturated carbocycles. The monoisotopic (exact) mass is 253 g/mol. The Morgan fingerprint density at radius 1 is 1.11 bits per heavy atom. The molecule has 1 atom stereocenters. The second-order valence-corrected chi connectivity index (χ2v) is 4.79. The lowest BCUT2D eigenvalue weighted by Crippen LogP contribution is -2.41. The fraction of sp³-hybridized carbons (Fsp3) is 0.188. The Morgan fingerprint density at radius 3 is 2.63 bits per heavy atom. The van der Waals surface area contributed by atoms with E-state index in [-0.39, 0.29) is 0 Å². The molecule has 1 heterocycles. The first kappa shape index (κ1) is 11.9. The standard InChI is InChI=1S/C16H15NO2/c18-16(19)15-9-14-12(10-17-15)7-4-8-13(14)11-5-2-1-3-6-11/h1-8,15,17H,9-10H2,(H,18,19). The molecule has 3 rings (SSSR count). The number of carbonyl (C=O) groups is 1. The molecule has 3 nitrogen and oxygen atoms in total. The van der Waals surface area contributed by atoms with E-state index in [0.717, 1.165) is 16.7 Å². The van der Waals surface area contributed by atoms with Gasteiger partial charge >= 0.3 is 5.97 Å². The number of nitrogens with one attached hydrogen (secondary N) is 1. The van der Waals surface area contributed by atoms with Gasteiger partial charge < -0.3 is 10.4 Å². The Kier molecular flexibility index (Phi) is 3.05. The fourth-order valence-corrected chi connectivity index (χ4v) is 2.61. The molecule has 0 aromatic heterocycles. The predicted molar refractivity (Wildman–Crippen MR) is 73.8 cm³/mol. The van der Waals surface area contributed by atoms with Crippen LogP contribution in [-0.2, 0) is 17.8 Å². The largest absolute Gasteiger partial charge is 0.480 e. The first-order chi connectivity index (χ1) is 9.25. The maximum absolute atomic E-state index is 11.1. The summed E-state index contributed by atoms with van der Waals surface area (Å²) in [7, 11) is 0. The van der Waals surface area contributed by atoms with E-state index >= 15 is 0 Å². The van der Waals surface area contributed by atoms with E-state index in [9.17, 15) is 4.79 Å². The van der Waals surface area contributed by atoms with Crippen molar-refractivity contribution in [1.29, 1.82) is 0 Å². The molecule has 0 fully saturated rings. The molecular weight excluding hydrogens is 238 g/mol. The summed E-state index contributed by atoms with van der Waals surface area (Å²) >= 11 is 0. The Balaban J connectivity index is 2.06. The molecule has 19 heavy (non-hydrogen) atoms. The normalized spacial score (nSPS) is 17.8. The molecule has 0 spiro atoms. The first-order valence-electron chi connectivity index (χ1n) is 6.38. The second-order valence-electron chi connectivity index (χ2n) is 4.79. The van der Waals surface area contributed by atoms with Crippen LogP contribution < -0.4 is 5.32 Å². The molecular formula is C16H15NO2. The minimum absolute atomic E-state index is 0.489. The average molecular weight is 253 g/mol. The second kappa shape index (κ2) is 4.86. The van der Waals surface area contributed by atoms with Crippen LogP contribution in [0.1, 0.15) is 11.1 Å². The third kappa shape index (κ3) is 2.25. The number of hydrogen-bond acceptors (Lipinski definition) is 2. The Labute approximate surface area is 111 Å². The summed E-state index contributed by atoms with van der Waals surface area (Å²) in [5.41, 5.74) is 4.63. The van der Waals surface area contributed by atoms with Gasteiger partial charge in [-0.1, -0.05) is 48.5 Å². The van der Waals surface area contributed by atoms with E-state index in [1.54, 1.807) is 0 Å². The predicted octanol–water partition coefficient (Wildman–Crippen LogP) is 2.45. The molecule has 1 aliphatic heterocycles. The summed E-state index contributed by atoms with van der Waals surface area (Å²) in [6.45, 7) is 0.618. The van der Waals surface area contributed by atoms with Crippen molar-refractivity contribution in [2.45, 2.75) is 19.0 Å². The molecule has 0 aliphatic carbocycles. The van der Waals surface area contributed by atoms with Gasteiger partial charge in [0.15, 0.2) is 0 Å². The third-order valence-corrected chi connectivity index (χ3v) is 3.60. The molecule has 1 unspecified atom stereocenters. The van der Waals surface area contributed by atoms with Gasteiger partial charge in [0.1, 0.15) is 6.04 Å². The van der Waals surface area contributed by atoms with E-state index < -0.39 is 12.0 Å². The Hall–Kier alpha value is -2.13. The van der Waals surface area contributed by atoms with Crippen LogP contribution in [0.15, 0.2) is 48.5 Å². The zero-order valence-corrected chi connectivity index (χ0v) is 10.5. The Bertz CT molecular complexity index is 607. The molecule has 0 saturated heterocycles. The zero-order valence-electron chi connectivity index (χ0n) is 10.5. The summed E-state index contributed by atoms with van der Waals surface area (Å²) in [5.74, 6) is -0.784. The van der Waals surface area contributed by atoms with Crippen molar-refractivity contribution in [1.82, 2.24) is 5.32 Å². The minimum atomic E-state index is -0.784. The number of rotatable bonds is 2. The topological polar surface area (TPSA) is 49.3 Å². The van der Waals surface area contributed by atoms with Crippen molar-refractivity contribution in [3.8, 4) is 11.1 Å². The van der Waals surface area contributed by atoms with Gasteiger partial charge in [0.25, 0.3) is 0 Å². The van der Waals surface area contributed by atoms with Crippen LogP contribution >= 0.6 is 0 Å². The minimum Gasteiger partial charge on any atom is -0.480 e. The van der Waals surface area contributed by atoms with Crippen LogP contribution in [0.25, 0.3) is 11.1 Å². The van der Waals surface area contributed by atoms with Crippen LogP contribution in [-0.4, -0.2) is 17.1 Å². The lowest BCUT2D eigenvalue weighted by atomic mass is 9.88. The number of carboxylic acid groups (broad SMARTS) is 1. The van der Waals surface area contributed by atoms with Crippen LogP contribution in [0.3, 0.4) is 0 Å². The van der Waals surface area contributed by atoms with Crippen molar-refractivity contribution in [3.63, 3.8) is 0 Å². The molecule has 2 aromatic carbocycles. The molecule has 1 aliphatic rings. The quantitative estimate of drug-likeness (QED) is 0.864. The van der Waals surface area contributed by atoms with E-state index in [1.165, 1.54) is 5.56 Å². The van der Waals surface area contributed by atoms with E-state index in [2.05, 4.69) is 29.6 Å². The summed E-state index contributed by atoms with van der Waals surface area (Å²) in [5, 5.41) is 12.2. The molecule has 0 amide bonds. The van der Waals surface area contributed by atoms with Crippen LogP contribution in [0.5, 0.6) is 0 Å². The van der Waals surface area contributed by atoms with E-state index in [1.807, 2.05) is 24.3 Å². The summed E-state index contributed by atoms with van der Waals surface area (Å²) in [6.07, 6.45) is 0.537. The van der Waals surface area contributed by atoms with E-state index in [4.69, 9.17) is 5.11 Å². The molecule has 2 N–H and O–H groups in total. The number of hydrogen-bond donors (Lipinski definition) is 2. The van der Waals surface area contributed by atoms with Gasteiger partial charge in [0.2, 0.25) is 0 Å². The SMILES string of the molecule is O=C(O)C1Cc2c(cccc2-c2ccccc2)CN1. The zero-order chi connectivity index (χ0) is 13.2. The number of aliphatic carboxylic acids is 1. The molecule has 96 valence electrons. The van der Waals surface area contributed by atoms with Crippen LogP contribution in [0.2, 0.25) is 0 Å². The summed E-state index contributed by atoms with van der Waals surface area (Å²) in [4.78, 5) is 11.1. The first-order valence-corrected chi connectivity index (χ1v) is 6.38. The van der Waals surface area contributed by atoms with Crippen LogP contribution in [0, 0.1) is 0 Å². The van der Waals surface area contributed by atoms with Crippen molar-refractivity contribution in [2.75, 3.05) is 0 Å². The molecule has 0 bridgehead atoms. The summed E-state index contributed by atoms with van der Waals surface area (Å²) < 4.78 is 0. The maximum atomic E-state index is 11.1. The highest BCUT2D eigenvalue weighted by Gasteiger charge is 2.25. The van der Waals surface area contributed by atoms with Gasteiger partial charge in [-0.2, -0.15) is 0 Å². The van der Waals surface area contributed by atoms with Crippen LogP contribution in [0.4, 0.5) is 0 Å². The number of benzene rings is 2. The van der Waals surface area contributed by atoms with Gasteiger partial charge in [-0.05, 0) is 28.7 Å². The van der Waals surface area contributed by atoms with Gasteiger partial charge in [-0.25, -0.2) is 0 Å². The lowest BCUT2D eigenvalue weighted by molar-refractivity contribution is -0.139. The highest BCUT2D eigenvalue weighted by molar-refractivity contribution is 5.76. The van der Waals surface area contributed by atoms with Gasteiger partial charge in [-0.15, -0.1) is 0 Å². The van der Waals surface area contributed by atoms with Crippen molar-refractivity contribution in [2.24, 2.45) is 0 Å². The highest BCUT2D eigenvalue weighted by Crippen LogP contribution is 2.29. The van der Waals surface area contributed by atoms with E-state index in [0.29, 0.717) is 13.0 Å². The number of carboxylic acids is 1. The van der Waals surface area contributed by atoms with Gasteiger partial charge in [-0.3, -0.25) is 4.79 Å². The summed E-state index contributed by atoms with van der Waals surface area (Å²) in [6, 6.07) is 15.8. The Morgan fingerprint density at radius 2 is 1.89 bits per heavy atom.